The minimum Gasteiger partial charge on any atom is -0.429 e. The van der Waals surface area contributed by atoms with Crippen LogP contribution in [0, 0.1) is 30.2 Å². The van der Waals surface area contributed by atoms with E-state index in [1.165, 1.54) is 24.3 Å². The molecule has 3 rings (SSSR count). The van der Waals surface area contributed by atoms with Crippen molar-refractivity contribution in [1.82, 2.24) is 0 Å². The van der Waals surface area contributed by atoms with Gasteiger partial charge in [0.25, 0.3) is 0 Å². The molecule has 0 atom stereocenters. The van der Waals surface area contributed by atoms with Crippen LogP contribution in [0.5, 0.6) is 5.75 Å². The van der Waals surface area contributed by atoms with Gasteiger partial charge in [-0.2, -0.15) is 8.78 Å². The van der Waals surface area contributed by atoms with Crippen molar-refractivity contribution in [2.24, 2.45) is 0 Å². The second-order valence-electron chi connectivity index (χ2n) is 6.16. The highest BCUT2D eigenvalue weighted by Gasteiger charge is 2.39. The standard InChI is InChI=1S/C21H12F6O2/c1-11-17(22)8-14(9-18(11)23)29-21(26,27)16-7-6-15(19(24)20(16)25)13-4-2-12(10-28)3-5-13/h2-10H,1H3. The highest BCUT2D eigenvalue weighted by molar-refractivity contribution is 5.77. The molecular weight excluding hydrogens is 398 g/mol. The van der Waals surface area contributed by atoms with Crippen molar-refractivity contribution < 1.29 is 35.9 Å². The van der Waals surface area contributed by atoms with Crippen molar-refractivity contribution in [3.8, 4) is 16.9 Å². The SMILES string of the molecule is Cc1c(F)cc(OC(F)(F)c2ccc(-c3ccc(C=O)cc3)c(F)c2F)cc1F. The number of carbonyl (C=O) groups is 1. The molecule has 29 heavy (non-hydrogen) atoms. The first-order valence-corrected chi connectivity index (χ1v) is 8.20. The molecule has 0 aliphatic carbocycles. The Labute approximate surface area is 161 Å². The first-order valence-electron chi connectivity index (χ1n) is 8.20. The molecule has 3 aromatic rings. The molecule has 150 valence electrons. The van der Waals surface area contributed by atoms with Gasteiger partial charge >= 0.3 is 6.11 Å². The van der Waals surface area contributed by atoms with E-state index in [9.17, 15) is 31.1 Å². The second kappa shape index (κ2) is 7.62. The van der Waals surface area contributed by atoms with E-state index in [-0.39, 0.29) is 11.1 Å². The third-order valence-corrected chi connectivity index (χ3v) is 4.25. The Hall–Kier alpha value is -3.29. The lowest BCUT2D eigenvalue weighted by Crippen LogP contribution is -2.24. The summed E-state index contributed by atoms with van der Waals surface area (Å²) < 4.78 is 88.9. The van der Waals surface area contributed by atoms with E-state index >= 15 is 0 Å². The topological polar surface area (TPSA) is 26.3 Å². The number of benzene rings is 3. The summed E-state index contributed by atoms with van der Waals surface area (Å²) in [6.07, 6.45) is -3.85. The summed E-state index contributed by atoms with van der Waals surface area (Å²) in [7, 11) is 0. The van der Waals surface area contributed by atoms with Crippen molar-refractivity contribution in [1.29, 1.82) is 0 Å². The van der Waals surface area contributed by atoms with Crippen LogP contribution in [-0.4, -0.2) is 6.29 Å². The number of ether oxygens (including phenoxy) is 1. The minimum absolute atomic E-state index is 0.158. The van der Waals surface area contributed by atoms with Crippen LogP contribution in [0.15, 0.2) is 48.5 Å². The molecule has 0 aliphatic rings. The number of hydrogen-bond acceptors (Lipinski definition) is 2. The molecule has 0 heterocycles. The van der Waals surface area contributed by atoms with Crippen LogP contribution in [0.2, 0.25) is 0 Å². The third-order valence-electron chi connectivity index (χ3n) is 4.25. The van der Waals surface area contributed by atoms with E-state index in [1.54, 1.807) is 0 Å². The Morgan fingerprint density at radius 3 is 2.00 bits per heavy atom. The predicted molar refractivity (Wildman–Crippen MR) is 92.8 cm³/mol. The molecule has 0 amide bonds. The quantitative estimate of drug-likeness (QED) is 0.372. The summed E-state index contributed by atoms with van der Waals surface area (Å²) in [5.74, 6) is -6.58. The predicted octanol–water partition coefficient (Wildman–Crippen LogP) is 6.16. The van der Waals surface area contributed by atoms with Crippen LogP contribution < -0.4 is 4.74 Å². The molecule has 8 heteroatoms. The van der Waals surface area contributed by atoms with Crippen LogP contribution >= 0.6 is 0 Å². The van der Waals surface area contributed by atoms with E-state index in [1.807, 2.05) is 0 Å². The highest BCUT2D eigenvalue weighted by atomic mass is 19.3. The number of aldehydes is 1. The van der Waals surface area contributed by atoms with Crippen molar-refractivity contribution >= 4 is 6.29 Å². The first kappa shape index (κ1) is 20.4. The van der Waals surface area contributed by atoms with E-state index in [2.05, 4.69) is 4.74 Å². The van der Waals surface area contributed by atoms with E-state index < -0.39 is 46.3 Å². The molecular formula is C21H12F6O2. The number of rotatable bonds is 5. The average molecular weight is 410 g/mol. The van der Waals surface area contributed by atoms with Gasteiger partial charge in [-0.1, -0.05) is 30.3 Å². The van der Waals surface area contributed by atoms with Crippen molar-refractivity contribution in [3.05, 3.63) is 88.5 Å². The van der Waals surface area contributed by atoms with E-state index in [0.717, 1.165) is 13.0 Å². The molecule has 0 bridgehead atoms. The smallest absolute Gasteiger partial charge is 0.429 e. The summed E-state index contributed by atoms with van der Waals surface area (Å²) in [4.78, 5) is 10.7. The van der Waals surface area contributed by atoms with Gasteiger partial charge in [0, 0.05) is 28.8 Å². The zero-order valence-electron chi connectivity index (χ0n) is 14.8. The molecule has 0 radical (unpaired) electrons. The van der Waals surface area contributed by atoms with Gasteiger partial charge in [-0.05, 0) is 18.6 Å². The Balaban J connectivity index is 1.97. The van der Waals surface area contributed by atoms with Crippen molar-refractivity contribution in [2.45, 2.75) is 13.0 Å². The van der Waals surface area contributed by atoms with E-state index in [4.69, 9.17) is 0 Å². The van der Waals surface area contributed by atoms with Gasteiger partial charge < -0.3 is 4.74 Å². The molecule has 3 aromatic carbocycles. The monoisotopic (exact) mass is 410 g/mol. The van der Waals surface area contributed by atoms with Gasteiger partial charge in [-0.3, -0.25) is 4.79 Å². The Bertz CT molecular complexity index is 1050. The molecule has 0 aliphatic heterocycles. The van der Waals surface area contributed by atoms with Gasteiger partial charge in [-0.15, -0.1) is 0 Å². The molecule has 0 saturated carbocycles. The summed E-state index contributed by atoms with van der Waals surface area (Å²) in [6, 6.07) is 7.92. The molecule has 0 spiro atoms. The maximum Gasteiger partial charge on any atom is 0.429 e. The average Bonchev–Trinajstić information content (AvgIpc) is 2.67. The van der Waals surface area contributed by atoms with Crippen LogP contribution in [0.25, 0.3) is 11.1 Å². The van der Waals surface area contributed by atoms with Crippen molar-refractivity contribution in [2.75, 3.05) is 0 Å². The minimum atomic E-state index is -4.40. The highest BCUT2D eigenvalue weighted by Crippen LogP contribution is 2.37. The Kier molecular flexibility index (Phi) is 5.37. The van der Waals surface area contributed by atoms with Gasteiger partial charge in [0.15, 0.2) is 11.6 Å². The van der Waals surface area contributed by atoms with Crippen LogP contribution in [0.4, 0.5) is 26.3 Å². The van der Waals surface area contributed by atoms with Crippen LogP contribution in [-0.2, 0) is 6.11 Å². The Morgan fingerprint density at radius 2 is 1.45 bits per heavy atom. The normalized spacial score (nSPS) is 11.4. The molecule has 2 nitrogen and oxygen atoms in total. The lowest BCUT2D eigenvalue weighted by Gasteiger charge is -2.20. The number of alkyl halides is 2. The fraction of sp³-hybridized carbons (Fsp3) is 0.0952. The number of carbonyl (C=O) groups excluding carboxylic acids is 1. The maximum atomic E-state index is 14.4. The summed E-state index contributed by atoms with van der Waals surface area (Å²) in [5.41, 5.74) is -1.70. The zero-order valence-corrected chi connectivity index (χ0v) is 14.8. The van der Waals surface area contributed by atoms with Crippen LogP contribution in [0.1, 0.15) is 21.5 Å². The summed E-state index contributed by atoms with van der Waals surface area (Å²) in [5, 5.41) is 0. The van der Waals surface area contributed by atoms with E-state index in [0.29, 0.717) is 30.0 Å². The maximum absolute atomic E-state index is 14.4. The first-order chi connectivity index (χ1) is 13.6. The van der Waals surface area contributed by atoms with Gasteiger partial charge in [0.1, 0.15) is 29.2 Å². The summed E-state index contributed by atoms with van der Waals surface area (Å²) >= 11 is 0. The fourth-order valence-corrected chi connectivity index (χ4v) is 2.62. The molecule has 0 N–H and O–H groups in total. The van der Waals surface area contributed by atoms with Gasteiger partial charge in [0.05, 0.1) is 0 Å². The molecule has 0 aromatic heterocycles. The lowest BCUT2D eigenvalue weighted by atomic mass is 10.0. The second-order valence-corrected chi connectivity index (χ2v) is 6.16. The third kappa shape index (κ3) is 3.96. The van der Waals surface area contributed by atoms with Gasteiger partial charge in [-0.25, -0.2) is 17.6 Å². The molecule has 0 fully saturated rings. The molecule has 0 unspecified atom stereocenters. The zero-order chi connectivity index (χ0) is 21.3. The van der Waals surface area contributed by atoms with Gasteiger partial charge in [0.2, 0.25) is 0 Å². The number of halogens is 6. The lowest BCUT2D eigenvalue weighted by molar-refractivity contribution is -0.187. The Morgan fingerprint density at radius 1 is 0.862 bits per heavy atom. The largest absolute Gasteiger partial charge is 0.429 e. The summed E-state index contributed by atoms with van der Waals surface area (Å²) in [6.45, 7) is 1.10. The van der Waals surface area contributed by atoms with Crippen LogP contribution in [0.3, 0.4) is 0 Å². The fourth-order valence-electron chi connectivity index (χ4n) is 2.62. The molecule has 0 saturated heterocycles. The number of hydrogen-bond donors (Lipinski definition) is 0. The van der Waals surface area contributed by atoms with Crippen molar-refractivity contribution in [3.63, 3.8) is 0 Å².